The number of fused-ring (bicyclic) bond motifs is 1. The summed E-state index contributed by atoms with van der Waals surface area (Å²) in [6, 6.07) is 15.7. The minimum atomic E-state index is -0.792. The van der Waals surface area contributed by atoms with Crippen LogP contribution in [0.25, 0.3) is 21.3 Å². The number of nitrogens with zero attached hydrogens (tertiary/aromatic N) is 2. The molecular formula is C23H22FN3O3S. The van der Waals surface area contributed by atoms with Crippen molar-refractivity contribution >= 4 is 27.4 Å². The number of halogens is 1. The van der Waals surface area contributed by atoms with Crippen LogP contribution in [0.5, 0.6) is 5.75 Å². The van der Waals surface area contributed by atoms with Crippen LogP contribution in [-0.4, -0.2) is 41.4 Å². The summed E-state index contributed by atoms with van der Waals surface area (Å²) in [6.07, 6.45) is -0.792. The molecule has 31 heavy (non-hydrogen) atoms. The molecule has 0 amide bonds. The van der Waals surface area contributed by atoms with Crippen molar-refractivity contribution in [3.8, 4) is 16.9 Å². The van der Waals surface area contributed by atoms with Crippen LogP contribution in [0.4, 0.5) is 10.2 Å². The van der Waals surface area contributed by atoms with Crippen LogP contribution >= 0.6 is 11.3 Å². The Morgan fingerprint density at radius 1 is 1.10 bits per heavy atom. The van der Waals surface area contributed by atoms with Crippen molar-refractivity contribution in [1.29, 1.82) is 0 Å². The summed E-state index contributed by atoms with van der Waals surface area (Å²) in [6.45, 7) is 0.580. The Balaban J connectivity index is 1.53. The number of hydrogen-bond acceptors (Lipinski definition) is 7. The van der Waals surface area contributed by atoms with Crippen molar-refractivity contribution in [2.45, 2.75) is 12.7 Å². The molecule has 0 fully saturated rings. The number of methoxy groups -OCH3 is 1. The van der Waals surface area contributed by atoms with Crippen LogP contribution in [0.1, 0.15) is 5.82 Å². The third-order valence-electron chi connectivity index (χ3n) is 4.60. The second-order valence-electron chi connectivity index (χ2n) is 6.92. The number of nitrogens with one attached hydrogen (secondary N) is 1. The highest BCUT2D eigenvalue weighted by Crippen LogP contribution is 2.37. The Kier molecular flexibility index (Phi) is 6.71. The van der Waals surface area contributed by atoms with Gasteiger partial charge in [0.1, 0.15) is 41.5 Å². The summed E-state index contributed by atoms with van der Waals surface area (Å²) in [5.41, 5.74) is 2.10. The molecule has 1 atom stereocenters. The maximum atomic E-state index is 13.0. The number of aliphatic hydroxyl groups excluding tert-OH is 1. The Bertz CT molecular complexity index is 1140. The molecule has 0 saturated heterocycles. The maximum absolute atomic E-state index is 13.0. The van der Waals surface area contributed by atoms with Crippen LogP contribution in [0.2, 0.25) is 0 Å². The fourth-order valence-electron chi connectivity index (χ4n) is 3.13. The standard InChI is InChI=1S/C23H22FN3O3S/c1-29-13-20-26-22(25-11-17(28)12-30-18-9-7-16(24)8-10-18)21-19(14-31-23(21)27-20)15-5-3-2-4-6-15/h2-10,14,17,28H,11-13H2,1H3,(H,25,26,27). The van der Waals surface area contributed by atoms with Gasteiger partial charge in [0.05, 0.1) is 5.39 Å². The summed E-state index contributed by atoms with van der Waals surface area (Å²) in [5.74, 6) is 1.37. The first kappa shape index (κ1) is 21.2. The zero-order valence-electron chi connectivity index (χ0n) is 16.9. The normalized spacial score (nSPS) is 12.1. The van der Waals surface area contributed by atoms with Crippen LogP contribution in [-0.2, 0) is 11.3 Å². The lowest BCUT2D eigenvalue weighted by Gasteiger charge is -2.15. The Labute approximate surface area is 183 Å². The van der Waals surface area contributed by atoms with Gasteiger partial charge in [-0.25, -0.2) is 14.4 Å². The number of hydrogen-bond donors (Lipinski definition) is 2. The molecule has 0 aliphatic rings. The Morgan fingerprint density at radius 2 is 1.87 bits per heavy atom. The van der Waals surface area contributed by atoms with E-state index in [1.54, 1.807) is 18.4 Å². The molecule has 0 bridgehead atoms. The van der Waals surface area contributed by atoms with Crippen LogP contribution in [0.15, 0.2) is 60.0 Å². The lowest BCUT2D eigenvalue weighted by molar-refractivity contribution is 0.117. The highest BCUT2D eigenvalue weighted by Gasteiger charge is 2.16. The number of aromatic nitrogens is 2. The lowest BCUT2D eigenvalue weighted by Crippen LogP contribution is -2.26. The van der Waals surface area contributed by atoms with E-state index in [0.717, 1.165) is 21.3 Å². The van der Waals surface area contributed by atoms with Gasteiger partial charge in [0, 0.05) is 24.6 Å². The molecule has 1 unspecified atom stereocenters. The molecule has 4 rings (SSSR count). The lowest BCUT2D eigenvalue weighted by atomic mass is 10.1. The van der Waals surface area contributed by atoms with Crippen LogP contribution in [0.3, 0.4) is 0 Å². The first-order valence-corrected chi connectivity index (χ1v) is 10.6. The average Bonchev–Trinajstić information content (AvgIpc) is 3.22. The van der Waals surface area contributed by atoms with E-state index in [0.29, 0.717) is 24.0 Å². The molecule has 2 aromatic heterocycles. The number of thiophene rings is 1. The van der Waals surface area contributed by atoms with E-state index < -0.39 is 6.10 Å². The molecule has 0 aliphatic carbocycles. The van der Waals surface area contributed by atoms with Crippen molar-refractivity contribution in [1.82, 2.24) is 9.97 Å². The molecule has 2 N–H and O–H groups in total. The van der Waals surface area contributed by atoms with Gasteiger partial charge < -0.3 is 19.9 Å². The number of anilines is 1. The first-order valence-electron chi connectivity index (χ1n) is 9.77. The number of aliphatic hydroxyl groups is 1. The van der Waals surface area contributed by atoms with Crippen molar-refractivity contribution in [2.24, 2.45) is 0 Å². The Morgan fingerprint density at radius 3 is 2.61 bits per heavy atom. The van der Waals surface area contributed by atoms with E-state index in [9.17, 15) is 9.50 Å². The van der Waals surface area contributed by atoms with E-state index in [-0.39, 0.29) is 19.0 Å². The SMILES string of the molecule is COCc1nc(NCC(O)COc2ccc(F)cc2)c2c(-c3ccccc3)csc2n1. The maximum Gasteiger partial charge on any atom is 0.158 e. The molecule has 2 aromatic carbocycles. The fraction of sp³-hybridized carbons (Fsp3) is 0.217. The second-order valence-corrected chi connectivity index (χ2v) is 7.77. The van der Waals surface area contributed by atoms with Crippen molar-refractivity contribution in [2.75, 3.05) is 25.6 Å². The molecular weight excluding hydrogens is 417 g/mol. The highest BCUT2D eigenvalue weighted by atomic mass is 32.1. The monoisotopic (exact) mass is 439 g/mol. The molecule has 4 aromatic rings. The summed E-state index contributed by atoms with van der Waals surface area (Å²) in [4.78, 5) is 10.1. The Hall–Kier alpha value is -3.07. The molecule has 8 heteroatoms. The summed E-state index contributed by atoms with van der Waals surface area (Å²) in [5, 5.41) is 16.6. The van der Waals surface area contributed by atoms with Crippen LogP contribution < -0.4 is 10.1 Å². The van der Waals surface area contributed by atoms with Gasteiger partial charge in [0.25, 0.3) is 0 Å². The minimum Gasteiger partial charge on any atom is -0.491 e. The van der Waals surface area contributed by atoms with Gasteiger partial charge in [-0.05, 0) is 29.8 Å². The zero-order valence-corrected chi connectivity index (χ0v) is 17.7. The predicted molar refractivity (Wildman–Crippen MR) is 120 cm³/mol. The summed E-state index contributed by atoms with van der Waals surface area (Å²) >= 11 is 1.54. The molecule has 0 aliphatic heterocycles. The minimum absolute atomic E-state index is 0.0625. The van der Waals surface area contributed by atoms with Gasteiger partial charge >= 0.3 is 0 Å². The van der Waals surface area contributed by atoms with E-state index in [4.69, 9.17) is 9.47 Å². The van der Waals surface area contributed by atoms with Gasteiger partial charge in [-0.2, -0.15) is 0 Å². The van der Waals surface area contributed by atoms with E-state index in [1.165, 1.54) is 24.3 Å². The fourth-order valence-corrected chi connectivity index (χ4v) is 4.10. The van der Waals surface area contributed by atoms with Gasteiger partial charge in [0.15, 0.2) is 5.82 Å². The smallest absolute Gasteiger partial charge is 0.158 e. The van der Waals surface area contributed by atoms with Gasteiger partial charge in [-0.3, -0.25) is 0 Å². The third-order valence-corrected chi connectivity index (χ3v) is 5.47. The number of rotatable bonds is 9. The highest BCUT2D eigenvalue weighted by molar-refractivity contribution is 7.17. The number of benzene rings is 2. The molecule has 6 nitrogen and oxygen atoms in total. The predicted octanol–water partition coefficient (Wildman–Crippen LogP) is 4.50. The van der Waals surface area contributed by atoms with E-state index in [2.05, 4.69) is 20.7 Å². The molecule has 0 spiro atoms. The van der Waals surface area contributed by atoms with Gasteiger partial charge in [-0.1, -0.05) is 30.3 Å². The van der Waals surface area contributed by atoms with Crippen molar-refractivity contribution in [3.05, 3.63) is 71.6 Å². The van der Waals surface area contributed by atoms with Gasteiger partial charge in [0.2, 0.25) is 0 Å². The van der Waals surface area contributed by atoms with E-state index >= 15 is 0 Å². The summed E-state index contributed by atoms with van der Waals surface area (Å²) < 4.78 is 23.7. The molecule has 0 saturated carbocycles. The molecule has 160 valence electrons. The van der Waals surface area contributed by atoms with Crippen molar-refractivity contribution in [3.63, 3.8) is 0 Å². The van der Waals surface area contributed by atoms with Crippen molar-refractivity contribution < 1.29 is 19.0 Å². The largest absolute Gasteiger partial charge is 0.491 e. The quantitative estimate of drug-likeness (QED) is 0.400. The topological polar surface area (TPSA) is 76.5 Å². The second kappa shape index (κ2) is 9.82. The van der Waals surface area contributed by atoms with Gasteiger partial charge in [-0.15, -0.1) is 11.3 Å². The van der Waals surface area contributed by atoms with Crippen LogP contribution in [0, 0.1) is 5.82 Å². The molecule has 2 heterocycles. The molecule has 0 radical (unpaired) electrons. The van der Waals surface area contributed by atoms with E-state index in [1.807, 2.05) is 30.3 Å². The summed E-state index contributed by atoms with van der Waals surface area (Å²) in [7, 11) is 1.60. The third kappa shape index (κ3) is 5.16. The average molecular weight is 440 g/mol. The zero-order chi connectivity index (χ0) is 21.6. The first-order chi connectivity index (χ1) is 15.1. The number of ether oxygens (including phenoxy) is 2.